The number of nitrogens with one attached hydrogen (secondary N) is 1. The summed E-state index contributed by atoms with van der Waals surface area (Å²) in [6, 6.07) is 14.8. The largest absolute Gasteiger partial charge is 0.493 e. The molecule has 0 saturated heterocycles. The summed E-state index contributed by atoms with van der Waals surface area (Å²) in [5.74, 6) is 0.795. The van der Waals surface area contributed by atoms with Crippen molar-refractivity contribution in [2.24, 2.45) is 0 Å². The number of nitrogens with zero attached hydrogens (tertiary/aromatic N) is 3. The van der Waals surface area contributed by atoms with Crippen LogP contribution >= 0.6 is 11.3 Å². The van der Waals surface area contributed by atoms with E-state index in [2.05, 4.69) is 10.3 Å². The SMILES string of the molecule is COc1ccc(CCN(C)C(=O)Cc2csc(NC(=O)CN(C(=O)c3ccccc3)C3CC3)n2)cc1OC. The smallest absolute Gasteiger partial charge is 0.254 e. The Labute approximate surface area is 226 Å². The minimum Gasteiger partial charge on any atom is -0.493 e. The van der Waals surface area contributed by atoms with Crippen LogP contribution in [0.25, 0.3) is 0 Å². The molecule has 200 valence electrons. The Bertz CT molecular complexity index is 1280. The summed E-state index contributed by atoms with van der Waals surface area (Å²) < 4.78 is 10.6. The van der Waals surface area contributed by atoms with Crippen LogP contribution in [0.4, 0.5) is 5.13 Å². The number of thiazole rings is 1. The molecule has 0 unspecified atom stereocenters. The van der Waals surface area contributed by atoms with Crippen molar-refractivity contribution < 1.29 is 23.9 Å². The first-order valence-corrected chi connectivity index (χ1v) is 13.3. The van der Waals surface area contributed by atoms with Crippen molar-refractivity contribution in [1.82, 2.24) is 14.8 Å². The van der Waals surface area contributed by atoms with Gasteiger partial charge in [0.15, 0.2) is 16.6 Å². The number of hydrogen-bond acceptors (Lipinski definition) is 7. The molecule has 10 heteroatoms. The van der Waals surface area contributed by atoms with Gasteiger partial charge in [-0.2, -0.15) is 0 Å². The molecule has 0 spiro atoms. The number of carbonyl (C=O) groups is 3. The van der Waals surface area contributed by atoms with Crippen LogP contribution < -0.4 is 14.8 Å². The molecule has 2 aromatic carbocycles. The fourth-order valence-corrected chi connectivity index (χ4v) is 4.73. The topological polar surface area (TPSA) is 101 Å². The van der Waals surface area contributed by atoms with Crippen LogP contribution in [-0.2, 0) is 22.4 Å². The minimum atomic E-state index is -0.305. The Morgan fingerprint density at radius 3 is 2.47 bits per heavy atom. The monoisotopic (exact) mass is 536 g/mol. The second kappa shape index (κ2) is 12.6. The van der Waals surface area contributed by atoms with Crippen LogP contribution in [0.3, 0.4) is 0 Å². The average Bonchev–Trinajstić information content (AvgIpc) is 3.69. The van der Waals surface area contributed by atoms with E-state index in [1.54, 1.807) is 48.6 Å². The van der Waals surface area contributed by atoms with Gasteiger partial charge in [-0.05, 0) is 49.1 Å². The molecular weight excluding hydrogens is 504 g/mol. The molecule has 1 aliphatic rings. The van der Waals surface area contributed by atoms with Gasteiger partial charge in [-0.3, -0.25) is 14.4 Å². The van der Waals surface area contributed by atoms with Crippen molar-refractivity contribution in [3.05, 3.63) is 70.7 Å². The highest BCUT2D eigenvalue weighted by Gasteiger charge is 2.34. The number of methoxy groups -OCH3 is 2. The molecule has 3 aromatic rings. The van der Waals surface area contributed by atoms with Crippen LogP contribution in [0.5, 0.6) is 11.5 Å². The lowest BCUT2D eigenvalue weighted by Gasteiger charge is -2.21. The summed E-state index contributed by atoms with van der Waals surface area (Å²) in [5, 5.41) is 4.96. The van der Waals surface area contributed by atoms with Crippen LogP contribution in [0.1, 0.15) is 34.5 Å². The molecule has 0 aliphatic heterocycles. The Balaban J connectivity index is 1.27. The lowest BCUT2D eigenvalue weighted by atomic mass is 10.1. The van der Waals surface area contributed by atoms with Gasteiger partial charge in [0.1, 0.15) is 6.54 Å². The fourth-order valence-electron chi connectivity index (χ4n) is 4.01. The molecule has 1 fully saturated rings. The molecule has 1 N–H and O–H groups in total. The summed E-state index contributed by atoms with van der Waals surface area (Å²) in [6.07, 6.45) is 2.60. The van der Waals surface area contributed by atoms with Crippen LogP contribution in [0.15, 0.2) is 53.9 Å². The average molecular weight is 537 g/mol. The number of likely N-dealkylation sites (N-methyl/N-ethyl adjacent to an activating group) is 1. The maximum absolute atomic E-state index is 12.9. The van der Waals surface area contributed by atoms with E-state index in [0.29, 0.717) is 40.9 Å². The van der Waals surface area contributed by atoms with Gasteiger partial charge in [0, 0.05) is 30.6 Å². The minimum absolute atomic E-state index is 0.0366. The summed E-state index contributed by atoms with van der Waals surface area (Å²) in [6.45, 7) is 0.500. The third-order valence-electron chi connectivity index (χ3n) is 6.32. The van der Waals surface area contributed by atoms with E-state index in [9.17, 15) is 14.4 Å². The van der Waals surface area contributed by atoms with Crippen molar-refractivity contribution in [2.45, 2.75) is 31.7 Å². The highest BCUT2D eigenvalue weighted by molar-refractivity contribution is 7.13. The highest BCUT2D eigenvalue weighted by atomic mass is 32.1. The number of carbonyl (C=O) groups excluding carboxylic acids is 3. The second-order valence-corrected chi connectivity index (χ2v) is 10.0. The zero-order valence-corrected chi connectivity index (χ0v) is 22.6. The number of aromatic nitrogens is 1. The van der Waals surface area contributed by atoms with Crippen molar-refractivity contribution >= 4 is 34.2 Å². The molecule has 1 saturated carbocycles. The van der Waals surface area contributed by atoms with Crippen LogP contribution in [0, 0.1) is 0 Å². The van der Waals surface area contributed by atoms with E-state index in [0.717, 1.165) is 18.4 Å². The predicted molar refractivity (Wildman–Crippen MR) is 146 cm³/mol. The molecule has 9 nitrogen and oxygen atoms in total. The fraction of sp³-hybridized carbons (Fsp3) is 0.357. The number of ether oxygens (including phenoxy) is 2. The highest BCUT2D eigenvalue weighted by Crippen LogP contribution is 2.29. The van der Waals surface area contributed by atoms with Crippen molar-refractivity contribution in [1.29, 1.82) is 0 Å². The maximum Gasteiger partial charge on any atom is 0.254 e. The lowest BCUT2D eigenvalue weighted by Crippen LogP contribution is -2.39. The van der Waals surface area contributed by atoms with Crippen LogP contribution in [0.2, 0.25) is 0 Å². The number of hydrogen-bond donors (Lipinski definition) is 1. The molecule has 3 amide bonds. The van der Waals surface area contributed by atoms with Gasteiger partial charge in [-0.25, -0.2) is 4.98 Å². The van der Waals surface area contributed by atoms with Gasteiger partial charge in [-0.15, -0.1) is 11.3 Å². The number of anilines is 1. The molecule has 0 bridgehead atoms. The summed E-state index contributed by atoms with van der Waals surface area (Å²) in [4.78, 5) is 46.0. The van der Waals surface area contributed by atoms with E-state index in [1.807, 2.05) is 36.4 Å². The Kier molecular flexibility index (Phi) is 8.96. The van der Waals surface area contributed by atoms with Gasteiger partial charge in [-0.1, -0.05) is 24.3 Å². The zero-order chi connectivity index (χ0) is 27.1. The third kappa shape index (κ3) is 7.10. The van der Waals surface area contributed by atoms with Gasteiger partial charge < -0.3 is 24.6 Å². The first-order chi connectivity index (χ1) is 18.4. The molecule has 0 atom stereocenters. The number of amides is 3. The zero-order valence-electron chi connectivity index (χ0n) is 21.8. The van der Waals surface area contributed by atoms with E-state index in [-0.39, 0.29) is 36.7 Å². The summed E-state index contributed by atoms with van der Waals surface area (Å²) in [7, 11) is 4.94. The lowest BCUT2D eigenvalue weighted by molar-refractivity contribution is -0.129. The van der Waals surface area contributed by atoms with Gasteiger partial charge >= 0.3 is 0 Å². The Hall–Kier alpha value is -3.92. The van der Waals surface area contributed by atoms with E-state index in [1.165, 1.54) is 11.3 Å². The standard InChI is InChI=1S/C28H32N4O5S/c1-31(14-13-19-9-12-23(36-2)24(15-19)37-3)26(34)16-21-18-38-28(29-21)30-25(33)17-32(22-10-11-22)27(35)20-7-5-4-6-8-20/h4-9,12,15,18,22H,10-11,13-14,16-17H2,1-3H3,(H,29,30,33). The maximum atomic E-state index is 12.9. The molecule has 38 heavy (non-hydrogen) atoms. The Morgan fingerprint density at radius 2 is 1.79 bits per heavy atom. The predicted octanol–water partition coefficient (Wildman–Crippen LogP) is 3.65. The van der Waals surface area contributed by atoms with E-state index >= 15 is 0 Å². The van der Waals surface area contributed by atoms with Crippen LogP contribution in [-0.4, -0.2) is 72.9 Å². The molecule has 1 heterocycles. The summed E-state index contributed by atoms with van der Waals surface area (Å²) >= 11 is 1.26. The van der Waals surface area contributed by atoms with Crippen molar-refractivity contribution in [2.75, 3.05) is 39.7 Å². The van der Waals surface area contributed by atoms with E-state index < -0.39 is 0 Å². The first-order valence-electron chi connectivity index (χ1n) is 12.4. The number of rotatable bonds is 12. The third-order valence-corrected chi connectivity index (χ3v) is 7.13. The van der Waals surface area contributed by atoms with Gasteiger partial charge in [0.05, 0.1) is 26.3 Å². The first kappa shape index (κ1) is 27.1. The van der Waals surface area contributed by atoms with Crippen molar-refractivity contribution in [3.8, 4) is 11.5 Å². The quantitative estimate of drug-likeness (QED) is 0.379. The molecule has 1 aromatic heterocycles. The Morgan fingerprint density at radius 1 is 1.05 bits per heavy atom. The molecule has 0 radical (unpaired) electrons. The normalized spacial score (nSPS) is 12.5. The number of benzene rings is 2. The summed E-state index contributed by atoms with van der Waals surface area (Å²) in [5.41, 5.74) is 2.19. The molecule has 4 rings (SSSR count). The molecular formula is C28H32N4O5S. The van der Waals surface area contributed by atoms with Gasteiger partial charge in [0.2, 0.25) is 11.8 Å². The van der Waals surface area contributed by atoms with Crippen molar-refractivity contribution in [3.63, 3.8) is 0 Å². The second-order valence-electron chi connectivity index (χ2n) is 9.15. The molecule has 1 aliphatic carbocycles. The van der Waals surface area contributed by atoms with Gasteiger partial charge in [0.25, 0.3) is 5.91 Å². The van der Waals surface area contributed by atoms with E-state index in [4.69, 9.17) is 9.47 Å².